The summed E-state index contributed by atoms with van der Waals surface area (Å²) in [4.78, 5) is 0. The zero-order valence-electron chi connectivity index (χ0n) is 7.67. The second-order valence-corrected chi connectivity index (χ2v) is 7.98. The molecule has 0 atom stereocenters. The Morgan fingerprint density at radius 1 is 1.00 bits per heavy atom. The van der Waals surface area contributed by atoms with Gasteiger partial charge < -0.3 is 0 Å². The van der Waals surface area contributed by atoms with Crippen molar-refractivity contribution in [2.45, 2.75) is 44.6 Å². The molecule has 1 heterocycles. The molecule has 11 heavy (non-hydrogen) atoms. The molecule has 1 fully saturated rings. The molecular weight excluding hydrogens is 207 g/mol. The topological polar surface area (TPSA) is 35.5 Å². The van der Waals surface area contributed by atoms with E-state index in [1.165, 1.54) is 0 Å². The van der Waals surface area contributed by atoms with Crippen molar-refractivity contribution < 1.29 is 11.2 Å². The van der Waals surface area contributed by atoms with Crippen molar-refractivity contribution in [3.05, 3.63) is 0 Å². The van der Waals surface area contributed by atoms with Crippen LogP contribution in [0.25, 0.3) is 0 Å². The van der Waals surface area contributed by atoms with Gasteiger partial charge in [-0.1, -0.05) is 0 Å². The first-order chi connectivity index (χ1) is 4.66. The summed E-state index contributed by atoms with van der Waals surface area (Å²) in [6, 6.07) is 0. The molecule has 0 N–H and O–H groups in total. The van der Waals surface area contributed by atoms with Crippen molar-refractivity contribution in [2.75, 3.05) is 0 Å². The van der Waals surface area contributed by atoms with Gasteiger partial charge in [0.15, 0.2) is 0 Å². The summed E-state index contributed by atoms with van der Waals surface area (Å²) < 4.78 is 22.2. The molecule has 0 unspecified atom stereocenters. The van der Waals surface area contributed by atoms with E-state index in [0.717, 1.165) is 0 Å². The van der Waals surface area contributed by atoms with Crippen molar-refractivity contribution >= 4 is 14.2 Å². The standard InChI is InChI=1S/C7H15AsO3/c1-6(2)7(3,4)11-8(5,9)10-6/h1-5H3. The maximum absolute atomic E-state index is 11.5. The SMILES string of the molecule is CC1(C)O[As](C)(=O)OC1(C)C. The van der Waals surface area contributed by atoms with Crippen LogP contribution < -0.4 is 0 Å². The van der Waals surface area contributed by atoms with Gasteiger partial charge in [-0.05, 0) is 0 Å². The summed E-state index contributed by atoms with van der Waals surface area (Å²) in [5.41, 5.74) is 0.696. The normalized spacial score (nSPS) is 32.1. The van der Waals surface area contributed by atoms with Crippen molar-refractivity contribution in [3.8, 4) is 0 Å². The first kappa shape index (κ1) is 9.37. The van der Waals surface area contributed by atoms with Crippen LogP contribution in [0.4, 0.5) is 0 Å². The van der Waals surface area contributed by atoms with E-state index in [0.29, 0.717) is 0 Å². The van der Waals surface area contributed by atoms with E-state index in [1.54, 1.807) is 5.71 Å². The molecule has 0 bridgehead atoms. The molecule has 1 rings (SSSR count). The van der Waals surface area contributed by atoms with Crippen LogP contribution in [0, 0.1) is 0 Å². The molecule has 0 aromatic carbocycles. The Labute approximate surface area is 70.4 Å². The van der Waals surface area contributed by atoms with Gasteiger partial charge in [0, 0.05) is 0 Å². The Balaban J connectivity index is 2.98. The van der Waals surface area contributed by atoms with E-state index in [-0.39, 0.29) is 0 Å². The van der Waals surface area contributed by atoms with Gasteiger partial charge in [0.05, 0.1) is 0 Å². The second-order valence-electron chi connectivity index (χ2n) is 3.97. The van der Waals surface area contributed by atoms with Gasteiger partial charge in [0.1, 0.15) is 0 Å². The Hall–Kier alpha value is 0.278. The van der Waals surface area contributed by atoms with Gasteiger partial charge in [-0.2, -0.15) is 0 Å². The Bertz CT molecular complexity index is 200. The van der Waals surface area contributed by atoms with Crippen LogP contribution in [0.1, 0.15) is 27.7 Å². The minimum atomic E-state index is -3.39. The number of hydrogen-bond acceptors (Lipinski definition) is 3. The van der Waals surface area contributed by atoms with Crippen molar-refractivity contribution in [3.63, 3.8) is 0 Å². The zero-order valence-corrected chi connectivity index (χ0v) is 9.55. The van der Waals surface area contributed by atoms with Crippen LogP contribution in [0.5, 0.6) is 0 Å². The summed E-state index contributed by atoms with van der Waals surface area (Å²) in [5.74, 6) is 0. The fourth-order valence-electron chi connectivity index (χ4n) is 1.07. The Morgan fingerprint density at radius 2 is 1.27 bits per heavy atom. The average molecular weight is 222 g/mol. The molecule has 1 saturated heterocycles. The molecule has 3 nitrogen and oxygen atoms in total. The maximum atomic E-state index is 11.5. The van der Waals surface area contributed by atoms with E-state index < -0.39 is 25.4 Å². The molecule has 0 saturated carbocycles. The molecule has 1 aliphatic heterocycles. The van der Waals surface area contributed by atoms with E-state index in [1.807, 2.05) is 27.7 Å². The molecule has 0 aromatic rings. The first-order valence-electron chi connectivity index (χ1n) is 3.65. The second kappa shape index (κ2) is 2.15. The van der Waals surface area contributed by atoms with Gasteiger partial charge in [0.25, 0.3) is 0 Å². The van der Waals surface area contributed by atoms with Crippen LogP contribution in [0.15, 0.2) is 0 Å². The third-order valence-electron chi connectivity index (χ3n) is 2.24. The number of rotatable bonds is 0. The molecule has 66 valence electrons. The van der Waals surface area contributed by atoms with Gasteiger partial charge in [0.2, 0.25) is 0 Å². The summed E-state index contributed by atoms with van der Waals surface area (Å²) in [6.07, 6.45) is 0. The van der Waals surface area contributed by atoms with E-state index >= 15 is 0 Å². The molecule has 0 aliphatic carbocycles. The zero-order chi connectivity index (χ0) is 8.91. The average Bonchev–Trinajstić information content (AvgIpc) is 1.66. The third kappa shape index (κ3) is 1.56. The van der Waals surface area contributed by atoms with Crippen LogP contribution in [0.2, 0.25) is 5.71 Å². The van der Waals surface area contributed by atoms with E-state index in [9.17, 15) is 3.74 Å². The van der Waals surface area contributed by atoms with Gasteiger partial charge in [-0.3, -0.25) is 0 Å². The first-order valence-corrected chi connectivity index (χ1v) is 7.83. The quantitative estimate of drug-likeness (QED) is 0.584. The van der Waals surface area contributed by atoms with Crippen molar-refractivity contribution in [2.24, 2.45) is 0 Å². The van der Waals surface area contributed by atoms with E-state index in [2.05, 4.69) is 0 Å². The molecule has 0 spiro atoms. The molecular formula is C7H15AsO3. The predicted molar refractivity (Wildman–Crippen MR) is 42.6 cm³/mol. The van der Waals surface area contributed by atoms with Gasteiger partial charge >= 0.3 is 70.0 Å². The van der Waals surface area contributed by atoms with Crippen LogP contribution in [-0.4, -0.2) is 25.4 Å². The van der Waals surface area contributed by atoms with Crippen molar-refractivity contribution in [1.82, 2.24) is 0 Å². The Kier molecular flexibility index (Phi) is 1.83. The third-order valence-corrected chi connectivity index (χ3v) is 5.54. The number of hydrogen-bond donors (Lipinski definition) is 0. The summed E-state index contributed by atoms with van der Waals surface area (Å²) >= 11 is -3.39. The van der Waals surface area contributed by atoms with E-state index in [4.69, 9.17) is 7.45 Å². The minimum absolute atomic E-state index is 0.434. The summed E-state index contributed by atoms with van der Waals surface area (Å²) in [6.45, 7) is 7.60. The molecule has 0 amide bonds. The predicted octanol–water partition coefficient (Wildman–Crippen LogP) is 1.59. The molecule has 0 aromatic heterocycles. The summed E-state index contributed by atoms with van der Waals surface area (Å²) in [5, 5.41) is 0. The van der Waals surface area contributed by atoms with Gasteiger partial charge in [-0.25, -0.2) is 0 Å². The van der Waals surface area contributed by atoms with Gasteiger partial charge in [-0.15, -0.1) is 0 Å². The monoisotopic (exact) mass is 222 g/mol. The summed E-state index contributed by atoms with van der Waals surface area (Å²) in [7, 11) is 0. The fourth-order valence-corrected chi connectivity index (χ4v) is 5.55. The Morgan fingerprint density at radius 3 is 1.36 bits per heavy atom. The fraction of sp³-hybridized carbons (Fsp3) is 1.00. The van der Waals surface area contributed by atoms with Crippen LogP contribution in [-0.2, 0) is 11.2 Å². The van der Waals surface area contributed by atoms with Crippen molar-refractivity contribution in [1.29, 1.82) is 0 Å². The molecule has 0 radical (unpaired) electrons. The van der Waals surface area contributed by atoms with Crippen LogP contribution in [0.3, 0.4) is 0 Å². The van der Waals surface area contributed by atoms with Crippen LogP contribution >= 0.6 is 0 Å². The molecule has 1 aliphatic rings. The molecule has 4 heteroatoms.